The Morgan fingerprint density at radius 2 is 2.33 bits per heavy atom. The molecular formula is C12H14ClFN2O2. The highest BCUT2D eigenvalue weighted by molar-refractivity contribution is 6.30. The second kappa shape index (κ2) is 5.65. The molecule has 2 N–H and O–H groups in total. The molecule has 2 unspecified atom stereocenters. The van der Waals surface area contributed by atoms with E-state index >= 15 is 0 Å². The quantitative estimate of drug-likeness (QED) is 0.882. The molecule has 1 aromatic rings. The van der Waals surface area contributed by atoms with Crippen LogP contribution >= 0.6 is 11.6 Å². The summed E-state index contributed by atoms with van der Waals surface area (Å²) in [5.74, 6) is -0.692. The van der Waals surface area contributed by atoms with Crippen LogP contribution in [0.3, 0.4) is 0 Å². The lowest BCUT2D eigenvalue weighted by molar-refractivity contribution is -0.118. The van der Waals surface area contributed by atoms with Gasteiger partial charge < -0.3 is 15.4 Å². The molecular weight excluding hydrogens is 259 g/mol. The normalized spacial score (nSPS) is 23.1. The fourth-order valence-electron chi connectivity index (χ4n) is 1.94. The summed E-state index contributed by atoms with van der Waals surface area (Å²) in [6.45, 7) is 0.637. The van der Waals surface area contributed by atoms with Crippen molar-refractivity contribution in [1.29, 1.82) is 0 Å². The van der Waals surface area contributed by atoms with Gasteiger partial charge in [0.2, 0.25) is 5.91 Å². The molecule has 1 aromatic carbocycles. The minimum Gasteiger partial charge on any atom is -0.380 e. The van der Waals surface area contributed by atoms with Crippen LogP contribution in [-0.2, 0) is 9.53 Å². The van der Waals surface area contributed by atoms with Crippen molar-refractivity contribution in [2.45, 2.75) is 18.6 Å². The number of nitrogens with one attached hydrogen (secondary N) is 2. The molecule has 98 valence electrons. The van der Waals surface area contributed by atoms with E-state index in [1.807, 2.05) is 0 Å². The van der Waals surface area contributed by atoms with Crippen LogP contribution in [0.5, 0.6) is 0 Å². The van der Waals surface area contributed by atoms with E-state index in [1.165, 1.54) is 18.2 Å². The number of methoxy groups -OCH3 is 1. The van der Waals surface area contributed by atoms with Gasteiger partial charge in [0.05, 0.1) is 12.1 Å². The topological polar surface area (TPSA) is 50.4 Å². The maximum absolute atomic E-state index is 13.1. The molecule has 4 nitrogen and oxygen atoms in total. The zero-order valence-corrected chi connectivity index (χ0v) is 10.6. The molecule has 1 fully saturated rings. The highest BCUT2D eigenvalue weighted by atomic mass is 35.5. The first kappa shape index (κ1) is 13.3. The van der Waals surface area contributed by atoms with Gasteiger partial charge in [-0.1, -0.05) is 11.6 Å². The number of ether oxygens (including phenoxy) is 1. The number of rotatable bonds is 3. The van der Waals surface area contributed by atoms with Crippen molar-refractivity contribution < 1.29 is 13.9 Å². The second-order valence-corrected chi connectivity index (χ2v) is 4.64. The number of hydrogen-bond donors (Lipinski definition) is 2. The van der Waals surface area contributed by atoms with Gasteiger partial charge in [0, 0.05) is 24.4 Å². The first-order chi connectivity index (χ1) is 8.58. The minimum absolute atomic E-state index is 0.0387. The lowest BCUT2D eigenvalue weighted by atomic mass is 10.2. The van der Waals surface area contributed by atoms with E-state index < -0.39 is 5.82 Å². The van der Waals surface area contributed by atoms with Gasteiger partial charge in [0.15, 0.2) is 0 Å². The lowest BCUT2D eigenvalue weighted by Gasteiger charge is -2.11. The van der Waals surface area contributed by atoms with Crippen molar-refractivity contribution in [3.8, 4) is 0 Å². The van der Waals surface area contributed by atoms with E-state index in [0.717, 1.165) is 0 Å². The molecule has 0 spiro atoms. The molecule has 6 heteroatoms. The van der Waals surface area contributed by atoms with Gasteiger partial charge in [-0.15, -0.1) is 0 Å². The highest BCUT2D eigenvalue weighted by Crippen LogP contribution is 2.19. The zero-order chi connectivity index (χ0) is 13.1. The molecule has 0 aromatic heterocycles. The van der Waals surface area contributed by atoms with Crippen molar-refractivity contribution in [2.24, 2.45) is 0 Å². The monoisotopic (exact) mass is 272 g/mol. The summed E-state index contributed by atoms with van der Waals surface area (Å²) >= 11 is 5.71. The van der Waals surface area contributed by atoms with E-state index in [0.29, 0.717) is 18.7 Å². The summed E-state index contributed by atoms with van der Waals surface area (Å²) < 4.78 is 18.3. The summed E-state index contributed by atoms with van der Waals surface area (Å²) in [4.78, 5) is 11.9. The van der Waals surface area contributed by atoms with Gasteiger partial charge in [0.1, 0.15) is 5.82 Å². The molecule has 0 radical (unpaired) electrons. The minimum atomic E-state index is -0.480. The van der Waals surface area contributed by atoms with E-state index in [1.54, 1.807) is 7.11 Å². The summed E-state index contributed by atoms with van der Waals surface area (Å²) in [6.07, 6.45) is 0.641. The van der Waals surface area contributed by atoms with Gasteiger partial charge in [0.25, 0.3) is 0 Å². The van der Waals surface area contributed by atoms with Gasteiger partial charge in [-0.2, -0.15) is 0 Å². The predicted molar refractivity (Wildman–Crippen MR) is 67.2 cm³/mol. The molecule has 1 amide bonds. The van der Waals surface area contributed by atoms with Crippen molar-refractivity contribution >= 4 is 23.2 Å². The van der Waals surface area contributed by atoms with Crippen LogP contribution in [0.1, 0.15) is 6.42 Å². The fraction of sp³-hybridized carbons (Fsp3) is 0.417. The number of benzene rings is 1. The van der Waals surface area contributed by atoms with E-state index in [4.69, 9.17) is 16.3 Å². The van der Waals surface area contributed by atoms with E-state index in [9.17, 15) is 9.18 Å². The summed E-state index contributed by atoms with van der Waals surface area (Å²) in [5.41, 5.74) is 0.354. The first-order valence-electron chi connectivity index (χ1n) is 5.61. The Morgan fingerprint density at radius 1 is 1.56 bits per heavy atom. The lowest BCUT2D eigenvalue weighted by Crippen LogP contribution is -2.35. The Kier molecular flexibility index (Phi) is 4.16. The fourth-order valence-corrected chi connectivity index (χ4v) is 2.16. The van der Waals surface area contributed by atoms with Crippen LogP contribution in [0.15, 0.2) is 18.2 Å². The summed E-state index contributed by atoms with van der Waals surface area (Å²) in [6, 6.07) is 3.60. The SMILES string of the molecule is COC1CNC(C(=O)Nc2cc(F)cc(Cl)c2)C1. The van der Waals surface area contributed by atoms with Crippen molar-refractivity contribution in [3.63, 3.8) is 0 Å². The van der Waals surface area contributed by atoms with Gasteiger partial charge in [-0.25, -0.2) is 4.39 Å². The summed E-state index contributed by atoms with van der Waals surface area (Å²) in [5, 5.41) is 5.92. The summed E-state index contributed by atoms with van der Waals surface area (Å²) in [7, 11) is 1.61. The molecule has 1 aliphatic rings. The molecule has 1 saturated heterocycles. The Balaban J connectivity index is 1.99. The number of anilines is 1. The molecule has 2 atom stereocenters. The molecule has 0 aliphatic carbocycles. The molecule has 1 aliphatic heterocycles. The van der Waals surface area contributed by atoms with Crippen LogP contribution < -0.4 is 10.6 Å². The maximum atomic E-state index is 13.1. The molecule has 18 heavy (non-hydrogen) atoms. The number of carbonyl (C=O) groups is 1. The average molecular weight is 273 g/mol. The van der Waals surface area contributed by atoms with Crippen LogP contribution in [0.4, 0.5) is 10.1 Å². The number of amides is 1. The van der Waals surface area contributed by atoms with E-state index in [-0.39, 0.29) is 23.1 Å². The van der Waals surface area contributed by atoms with Crippen molar-refractivity contribution in [2.75, 3.05) is 19.0 Å². The smallest absolute Gasteiger partial charge is 0.241 e. The third-order valence-corrected chi connectivity index (χ3v) is 3.09. The zero-order valence-electron chi connectivity index (χ0n) is 9.87. The predicted octanol–water partition coefficient (Wildman–Crippen LogP) is 1.79. The molecule has 0 saturated carbocycles. The Hall–Kier alpha value is -1.17. The van der Waals surface area contributed by atoms with Crippen LogP contribution in [0.25, 0.3) is 0 Å². The van der Waals surface area contributed by atoms with Gasteiger partial charge in [-0.3, -0.25) is 4.79 Å². The first-order valence-corrected chi connectivity index (χ1v) is 5.99. The van der Waals surface area contributed by atoms with E-state index in [2.05, 4.69) is 10.6 Å². The van der Waals surface area contributed by atoms with Crippen LogP contribution in [0, 0.1) is 5.82 Å². The van der Waals surface area contributed by atoms with Gasteiger partial charge in [-0.05, 0) is 24.6 Å². The largest absolute Gasteiger partial charge is 0.380 e. The Bertz CT molecular complexity index is 435. The van der Waals surface area contributed by atoms with Crippen molar-refractivity contribution in [1.82, 2.24) is 5.32 Å². The van der Waals surface area contributed by atoms with Crippen LogP contribution in [0.2, 0.25) is 5.02 Å². The third-order valence-electron chi connectivity index (χ3n) is 2.87. The Labute approximate surface area is 109 Å². The number of halogens is 2. The van der Waals surface area contributed by atoms with Crippen LogP contribution in [-0.4, -0.2) is 31.7 Å². The molecule has 0 bridgehead atoms. The molecule has 1 heterocycles. The molecule has 2 rings (SSSR count). The number of carbonyl (C=O) groups excluding carboxylic acids is 1. The standard InChI is InChI=1S/C12H14ClFN2O2/c1-18-10-5-11(15-6-10)12(17)16-9-3-7(13)2-8(14)4-9/h2-4,10-11,15H,5-6H2,1H3,(H,16,17). The van der Waals surface area contributed by atoms with Gasteiger partial charge >= 0.3 is 0 Å². The average Bonchev–Trinajstić information content (AvgIpc) is 2.75. The maximum Gasteiger partial charge on any atom is 0.241 e. The van der Waals surface area contributed by atoms with Crippen molar-refractivity contribution in [3.05, 3.63) is 29.0 Å². The second-order valence-electron chi connectivity index (χ2n) is 4.20. The third kappa shape index (κ3) is 3.19. The number of hydrogen-bond acceptors (Lipinski definition) is 3. The Morgan fingerprint density at radius 3 is 2.94 bits per heavy atom. The highest BCUT2D eigenvalue weighted by Gasteiger charge is 2.29.